The van der Waals surface area contributed by atoms with E-state index < -0.39 is 0 Å². The molecule has 0 saturated carbocycles. The quantitative estimate of drug-likeness (QED) is 0.193. The van der Waals surface area contributed by atoms with Crippen molar-refractivity contribution in [1.29, 1.82) is 0 Å². The molecule has 6 heteroatoms. The van der Waals surface area contributed by atoms with Crippen LogP contribution >= 0.6 is 11.8 Å². The zero-order valence-corrected chi connectivity index (χ0v) is 24.4. The summed E-state index contributed by atoms with van der Waals surface area (Å²) >= 11 is 1.85. The number of nitrogens with zero attached hydrogens (tertiary/aromatic N) is 1. The van der Waals surface area contributed by atoms with Gasteiger partial charge in [0.05, 0.1) is 26.0 Å². The van der Waals surface area contributed by atoms with Crippen LogP contribution in [0.4, 0.5) is 5.69 Å². The maximum atomic E-state index is 13.0. The molecule has 2 aromatic carbocycles. The van der Waals surface area contributed by atoms with Crippen LogP contribution in [0, 0.1) is 0 Å². The number of carbonyl (C=O) groups excluding carboxylic acids is 1. The van der Waals surface area contributed by atoms with E-state index in [1.807, 2.05) is 42.1 Å². The number of ether oxygens (including phenoxy) is 2. The van der Waals surface area contributed by atoms with Gasteiger partial charge in [-0.05, 0) is 42.0 Å². The summed E-state index contributed by atoms with van der Waals surface area (Å²) in [6.07, 6.45) is 15.3. The van der Waals surface area contributed by atoms with E-state index in [4.69, 9.17) is 9.47 Å². The third kappa shape index (κ3) is 10.6. The summed E-state index contributed by atoms with van der Waals surface area (Å²) in [4.78, 5) is 16.6. The lowest BCUT2D eigenvalue weighted by Gasteiger charge is -2.16. The fraction of sp³-hybridized carbons (Fsp3) is 0.531. The second kappa shape index (κ2) is 17.1. The maximum absolute atomic E-state index is 13.0. The first-order valence-electron chi connectivity index (χ1n) is 14.3. The molecule has 208 valence electrons. The Balaban J connectivity index is 1.45. The van der Waals surface area contributed by atoms with Gasteiger partial charge in [-0.2, -0.15) is 0 Å². The molecule has 0 atom stereocenters. The van der Waals surface area contributed by atoms with Crippen LogP contribution < -0.4 is 14.8 Å². The highest BCUT2D eigenvalue weighted by Gasteiger charge is 2.15. The molecular formula is C32H46N2O3S. The number of unbranched alkanes of at least 4 members (excludes halogenated alkanes) is 9. The average molecular weight is 539 g/mol. The number of benzene rings is 2. The van der Waals surface area contributed by atoms with Gasteiger partial charge in [-0.15, -0.1) is 11.8 Å². The summed E-state index contributed by atoms with van der Waals surface area (Å²) in [5.41, 5.74) is 2.84. The Morgan fingerprint density at radius 1 is 0.974 bits per heavy atom. The topological polar surface area (TPSA) is 50.8 Å². The van der Waals surface area contributed by atoms with E-state index in [9.17, 15) is 4.79 Å². The minimum atomic E-state index is -0.0633. The van der Waals surface area contributed by atoms with Crippen LogP contribution in [-0.4, -0.2) is 30.4 Å². The Kier molecular flexibility index (Phi) is 13.5. The number of anilines is 1. The second-order valence-corrected chi connectivity index (χ2v) is 11.4. The van der Waals surface area contributed by atoms with Gasteiger partial charge in [0.2, 0.25) is 5.91 Å². The van der Waals surface area contributed by atoms with Crippen molar-refractivity contribution < 1.29 is 14.3 Å². The molecule has 0 spiro atoms. The monoisotopic (exact) mass is 538 g/mol. The molecular weight excluding hydrogens is 492 g/mol. The molecule has 3 rings (SSSR count). The largest absolute Gasteiger partial charge is 0.493 e. The van der Waals surface area contributed by atoms with Gasteiger partial charge < -0.3 is 19.7 Å². The summed E-state index contributed by atoms with van der Waals surface area (Å²) in [7, 11) is 1.65. The highest BCUT2D eigenvalue weighted by molar-refractivity contribution is 8.03. The van der Waals surface area contributed by atoms with Crippen molar-refractivity contribution >= 4 is 23.4 Å². The van der Waals surface area contributed by atoms with Gasteiger partial charge >= 0.3 is 0 Å². The molecule has 0 fully saturated rings. The first-order chi connectivity index (χ1) is 18.6. The molecule has 0 saturated heterocycles. The normalized spacial score (nSPS) is 12.9. The standard InChI is InChI=1S/C32H46N2O3S/c1-4-5-6-7-8-9-10-11-12-13-20-37-32-28(17-15-19-30(32)36-3)22-31(35)33-29-18-14-16-27(21-29)24-34-23-26(2)38-25-34/h14-19,21,23H,4-13,20,22,24-25H2,1-3H3,(H,33,35). The van der Waals surface area contributed by atoms with E-state index in [-0.39, 0.29) is 12.3 Å². The van der Waals surface area contributed by atoms with Crippen LogP contribution in [0.1, 0.15) is 89.2 Å². The molecule has 1 N–H and O–H groups in total. The highest BCUT2D eigenvalue weighted by Crippen LogP contribution is 2.32. The van der Waals surface area contributed by atoms with Gasteiger partial charge in [-0.3, -0.25) is 4.79 Å². The summed E-state index contributed by atoms with van der Waals surface area (Å²) in [6.45, 7) is 5.87. The van der Waals surface area contributed by atoms with Crippen molar-refractivity contribution in [3.63, 3.8) is 0 Å². The molecule has 1 aliphatic heterocycles. The van der Waals surface area contributed by atoms with E-state index in [0.29, 0.717) is 18.1 Å². The van der Waals surface area contributed by atoms with Crippen LogP contribution in [-0.2, 0) is 17.8 Å². The molecule has 2 aromatic rings. The minimum absolute atomic E-state index is 0.0633. The smallest absolute Gasteiger partial charge is 0.228 e. The average Bonchev–Trinajstić information content (AvgIpc) is 3.32. The molecule has 1 aliphatic rings. The van der Waals surface area contributed by atoms with Gasteiger partial charge in [-0.1, -0.05) is 89.0 Å². The molecule has 0 aromatic heterocycles. The maximum Gasteiger partial charge on any atom is 0.228 e. The number of hydrogen-bond donors (Lipinski definition) is 1. The number of hydrogen-bond acceptors (Lipinski definition) is 5. The highest BCUT2D eigenvalue weighted by atomic mass is 32.2. The Bertz CT molecular complexity index is 1020. The number of para-hydroxylation sites is 1. The van der Waals surface area contributed by atoms with Crippen LogP contribution in [0.5, 0.6) is 11.5 Å². The molecule has 0 radical (unpaired) electrons. The number of thioether (sulfide) groups is 1. The van der Waals surface area contributed by atoms with Crippen LogP contribution in [0.3, 0.4) is 0 Å². The molecule has 0 bridgehead atoms. The number of rotatable bonds is 18. The van der Waals surface area contributed by atoms with Crippen molar-refractivity contribution in [2.45, 2.75) is 91.0 Å². The van der Waals surface area contributed by atoms with Gasteiger partial charge in [-0.25, -0.2) is 0 Å². The number of amides is 1. The zero-order valence-electron chi connectivity index (χ0n) is 23.6. The van der Waals surface area contributed by atoms with Gasteiger partial charge in [0.1, 0.15) is 0 Å². The summed E-state index contributed by atoms with van der Waals surface area (Å²) in [6, 6.07) is 13.9. The van der Waals surface area contributed by atoms with Crippen LogP contribution in [0.15, 0.2) is 53.6 Å². The summed E-state index contributed by atoms with van der Waals surface area (Å²) in [5, 5.41) is 3.07. The fourth-order valence-electron chi connectivity index (χ4n) is 4.76. The number of methoxy groups -OCH3 is 1. The first kappa shape index (κ1) is 29.9. The third-order valence-electron chi connectivity index (χ3n) is 6.79. The Hall–Kier alpha value is -2.60. The molecule has 0 unspecified atom stereocenters. The zero-order chi connectivity index (χ0) is 27.0. The fourth-order valence-corrected chi connectivity index (χ4v) is 5.52. The predicted molar refractivity (Wildman–Crippen MR) is 161 cm³/mol. The van der Waals surface area contributed by atoms with Crippen LogP contribution in [0.2, 0.25) is 0 Å². The lowest BCUT2D eigenvalue weighted by atomic mass is 10.1. The van der Waals surface area contributed by atoms with E-state index >= 15 is 0 Å². The Morgan fingerprint density at radius 3 is 2.37 bits per heavy atom. The van der Waals surface area contributed by atoms with E-state index in [2.05, 4.69) is 42.4 Å². The second-order valence-electron chi connectivity index (χ2n) is 10.2. The number of allylic oxidation sites excluding steroid dienone is 1. The molecule has 38 heavy (non-hydrogen) atoms. The number of carbonyl (C=O) groups is 1. The van der Waals surface area contributed by atoms with E-state index in [1.54, 1.807) is 7.11 Å². The number of nitrogens with one attached hydrogen (secondary N) is 1. The Morgan fingerprint density at radius 2 is 1.68 bits per heavy atom. The van der Waals surface area contributed by atoms with E-state index in [1.165, 1.54) is 68.3 Å². The lowest BCUT2D eigenvalue weighted by molar-refractivity contribution is -0.115. The van der Waals surface area contributed by atoms with Crippen molar-refractivity contribution in [2.24, 2.45) is 0 Å². The first-order valence-corrected chi connectivity index (χ1v) is 15.3. The summed E-state index contributed by atoms with van der Waals surface area (Å²) in [5.74, 6) is 2.27. The van der Waals surface area contributed by atoms with Crippen molar-refractivity contribution in [3.8, 4) is 11.5 Å². The van der Waals surface area contributed by atoms with Gasteiger partial charge in [0.15, 0.2) is 11.5 Å². The Labute approximate surface area is 234 Å². The summed E-state index contributed by atoms with van der Waals surface area (Å²) < 4.78 is 11.7. The van der Waals surface area contributed by atoms with Crippen molar-refractivity contribution in [2.75, 3.05) is 24.9 Å². The van der Waals surface area contributed by atoms with Gasteiger partial charge in [0.25, 0.3) is 0 Å². The van der Waals surface area contributed by atoms with Crippen molar-refractivity contribution in [1.82, 2.24) is 4.90 Å². The van der Waals surface area contributed by atoms with E-state index in [0.717, 1.165) is 30.1 Å². The lowest BCUT2D eigenvalue weighted by Crippen LogP contribution is -2.16. The van der Waals surface area contributed by atoms with Crippen molar-refractivity contribution in [3.05, 3.63) is 64.7 Å². The molecule has 1 heterocycles. The molecule has 0 aliphatic carbocycles. The SMILES string of the molecule is CCCCCCCCCCCCOc1c(CC(=O)Nc2cccc(CN3C=C(C)SC3)c2)cccc1OC. The van der Waals surface area contributed by atoms with Gasteiger partial charge in [0, 0.05) is 24.0 Å². The minimum Gasteiger partial charge on any atom is -0.493 e. The predicted octanol–water partition coefficient (Wildman–Crippen LogP) is 8.54. The molecule has 1 amide bonds. The molecule has 5 nitrogen and oxygen atoms in total. The third-order valence-corrected chi connectivity index (χ3v) is 7.82. The van der Waals surface area contributed by atoms with Crippen LogP contribution in [0.25, 0.3) is 0 Å².